The summed E-state index contributed by atoms with van der Waals surface area (Å²) in [5, 5.41) is 0. The number of hydrogen-bond donors (Lipinski definition) is 0. The Labute approximate surface area is 215 Å². The number of Topliss-reactive ketones (excluding diaryl/α,β-unsaturated/α-hetero) is 1. The number of piperidine rings is 1. The van der Waals surface area contributed by atoms with Crippen molar-refractivity contribution in [1.82, 2.24) is 4.90 Å². The van der Waals surface area contributed by atoms with Gasteiger partial charge in [0.05, 0.1) is 5.92 Å². The first kappa shape index (κ1) is 24.3. The second-order valence-electron chi connectivity index (χ2n) is 10.00. The van der Waals surface area contributed by atoms with E-state index < -0.39 is 0 Å². The van der Waals surface area contributed by atoms with Gasteiger partial charge in [-0.3, -0.25) is 9.69 Å². The van der Waals surface area contributed by atoms with E-state index in [2.05, 4.69) is 61.4 Å². The molecule has 184 valence electrons. The quantitative estimate of drug-likeness (QED) is 0.374. The van der Waals surface area contributed by atoms with Crippen LogP contribution in [0, 0.1) is 12.8 Å². The van der Waals surface area contributed by atoms with Crippen molar-refractivity contribution in [3.63, 3.8) is 0 Å². The van der Waals surface area contributed by atoms with Crippen LogP contribution in [0.3, 0.4) is 0 Å². The summed E-state index contributed by atoms with van der Waals surface area (Å²) in [5.41, 5.74) is 8.44. The Morgan fingerprint density at radius 2 is 1.83 bits per heavy atom. The van der Waals surface area contributed by atoms with Gasteiger partial charge in [-0.25, -0.2) is 0 Å². The van der Waals surface area contributed by atoms with E-state index in [1.807, 2.05) is 18.2 Å². The van der Waals surface area contributed by atoms with Gasteiger partial charge in [0.25, 0.3) is 0 Å². The average Bonchev–Trinajstić information content (AvgIpc) is 3.70. The predicted octanol–water partition coefficient (Wildman–Crippen LogP) is 6.75. The Bertz CT molecular complexity index is 1270. The maximum atomic E-state index is 13.7. The number of ether oxygens (including phenoxy) is 1. The molecule has 0 N–H and O–H groups in total. The molecule has 2 aromatic carbocycles. The molecule has 3 nitrogen and oxygen atoms in total. The number of carbonyl (C=O) groups is 1. The molecular formula is C33H35NO2. The van der Waals surface area contributed by atoms with Crippen LogP contribution in [0.4, 0.5) is 0 Å². The highest BCUT2D eigenvalue weighted by Crippen LogP contribution is 2.49. The van der Waals surface area contributed by atoms with Gasteiger partial charge in [0.2, 0.25) is 0 Å². The first-order valence-electron chi connectivity index (χ1n) is 13.1. The van der Waals surface area contributed by atoms with E-state index in [1.54, 1.807) is 12.2 Å². The Balaban J connectivity index is 1.42. The van der Waals surface area contributed by atoms with Crippen LogP contribution < -0.4 is 4.74 Å². The summed E-state index contributed by atoms with van der Waals surface area (Å²) < 4.78 is 6.04. The molecule has 1 saturated heterocycles. The second kappa shape index (κ2) is 10.7. The molecule has 36 heavy (non-hydrogen) atoms. The molecule has 3 aliphatic rings. The molecule has 1 heterocycles. The van der Waals surface area contributed by atoms with Gasteiger partial charge in [0.1, 0.15) is 12.4 Å². The highest BCUT2D eigenvalue weighted by Gasteiger charge is 2.40. The summed E-state index contributed by atoms with van der Waals surface area (Å²) >= 11 is 0. The minimum atomic E-state index is -0.137. The van der Waals surface area contributed by atoms with Gasteiger partial charge in [-0.1, -0.05) is 79.8 Å². The molecule has 5 rings (SSSR count). The lowest BCUT2D eigenvalue weighted by Crippen LogP contribution is -2.33. The Morgan fingerprint density at radius 3 is 2.56 bits per heavy atom. The van der Waals surface area contributed by atoms with Gasteiger partial charge >= 0.3 is 0 Å². The summed E-state index contributed by atoms with van der Waals surface area (Å²) in [7, 11) is 0. The van der Waals surface area contributed by atoms with E-state index in [0.717, 1.165) is 45.7 Å². The number of hydrogen-bond acceptors (Lipinski definition) is 3. The largest absolute Gasteiger partial charge is 0.492 e. The van der Waals surface area contributed by atoms with Crippen molar-refractivity contribution in [2.45, 2.75) is 32.6 Å². The lowest BCUT2D eigenvalue weighted by atomic mass is 9.86. The van der Waals surface area contributed by atoms with Crippen LogP contribution >= 0.6 is 0 Å². The smallest absolute Gasteiger partial charge is 0.175 e. The molecule has 2 aromatic rings. The third-order valence-electron chi connectivity index (χ3n) is 7.45. The summed E-state index contributed by atoms with van der Waals surface area (Å²) in [4.78, 5) is 16.2. The monoisotopic (exact) mass is 477 g/mol. The lowest BCUT2D eigenvalue weighted by Gasteiger charge is -2.26. The molecular weight excluding hydrogens is 442 g/mol. The number of aryl methyl sites for hydroxylation is 1. The molecule has 0 bridgehead atoms. The summed E-state index contributed by atoms with van der Waals surface area (Å²) in [6, 6.07) is 14.9. The molecule has 0 saturated carbocycles. The number of fused-ring (bicyclic) bond motifs is 3. The highest BCUT2D eigenvalue weighted by atomic mass is 16.5. The Kier molecular flexibility index (Phi) is 7.20. The van der Waals surface area contributed by atoms with Crippen molar-refractivity contribution in [2.75, 3.05) is 26.2 Å². The van der Waals surface area contributed by atoms with Gasteiger partial charge in [0, 0.05) is 12.1 Å². The number of rotatable bonds is 9. The first-order valence-corrected chi connectivity index (χ1v) is 13.1. The number of benzene rings is 2. The van der Waals surface area contributed by atoms with E-state index in [0.29, 0.717) is 13.0 Å². The van der Waals surface area contributed by atoms with E-state index in [9.17, 15) is 4.79 Å². The lowest BCUT2D eigenvalue weighted by molar-refractivity contribution is -0.115. The van der Waals surface area contributed by atoms with Crippen LogP contribution in [-0.4, -0.2) is 36.9 Å². The average molecular weight is 478 g/mol. The molecule has 0 spiro atoms. The summed E-state index contributed by atoms with van der Waals surface area (Å²) in [6.45, 7) is 14.0. The van der Waals surface area contributed by atoms with Crippen LogP contribution in [0.15, 0.2) is 91.1 Å². The van der Waals surface area contributed by atoms with Gasteiger partial charge in [-0.05, 0) is 84.8 Å². The normalized spacial score (nSPS) is 19.7. The number of allylic oxidation sites excluding steroid dienone is 8. The standard InChI is InChI=1S/C33H35NO2/c1-4-9-25(5-2)32-30(27-15-10-23(3)20-28(27)29-22-31(29)33(32)35)21-24-11-13-26(14-12-24)36-19-18-34-16-7-6-8-17-34/h4-5,9-15,20,22,31H,1-2,6-8,16-19,21H2,3H3/b25-9+. The molecule has 3 heteroatoms. The zero-order chi connectivity index (χ0) is 25.1. The van der Waals surface area contributed by atoms with Crippen molar-refractivity contribution in [1.29, 1.82) is 0 Å². The first-order chi connectivity index (χ1) is 17.6. The molecule has 1 atom stereocenters. The van der Waals surface area contributed by atoms with Crippen LogP contribution in [0.25, 0.3) is 11.1 Å². The fraction of sp³-hybridized carbons (Fsp3) is 0.303. The van der Waals surface area contributed by atoms with Gasteiger partial charge in [0.15, 0.2) is 5.78 Å². The minimum Gasteiger partial charge on any atom is -0.492 e. The van der Waals surface area contributed by atoms with Crippen molar-refractivity contribution < 1.29 is 9.53 Å². The van der Waals surface area contributed by atoms with E-state index in [4.69, 9.17) is 4.74 Å². The number of carbonyl (C=O) groups excluding carboxylic acids is 1. The van der Waals surface area contributed by atoms with E-state index in [-0.39, 0.29) is 11.7 Å². The molecule has 1 unspecified atom stereocenters. The van der Waals surface area contributed by atoms with Gasteiger partial charge in [-0.15, -0.1) is 0 Å². The number of nitrogens with zero attached hydrogens (tertiary/aromatic N) is 1. The van der Waals surface area contributed by atoms with Crippen molar-refractivity contribution in [2.24, 2.45) is 5.92 Å². The number of likely N-dealkylation sites (tertiary alicyclic amines) is 1. The van der Waals surface area contributed by atoms with Crippen molar-refractivity contribution >= 4 is 16.9 Å². The maximum Gasteiger partial charge on any atom is 0.175 e. The third-order valence-corrected chi connectivity index (χ3v) is 7.45. The Morgan fingerprint density at radius 1 is 1.06 bits per heavy atom. The molecule has 0 amide bonds. The number of ketones is 1. The van der Waals surface area contributed by atoms with E-state index in [1.165, 1.54) is 43.5 Å². The van der Waals surface area contributed by atoms with Crippen LogP contribution in [-0.2, 0) is 11.2 Å². The fourth-order valence-electron chi connectivity index (χ4n) is 5.47. The maximum absolute atomic E-state index is 13.7. The highest BCUT2D eigenvalue weighted by molar-refractivity contribution is 6.21. The zero-order valence-corrected chi connectivity index (χ0v) is 21.3. The van der Waals surface area contributed by atoms with Gasteiger partial charge in [-0.2, -0.15) is 0 Å². The molecule has 2 aliphatic carbocycles. The fourth-order valence-corrected chi connectivity index (χ4v) is 5.47. The van der Waals surface area contributed by atoms with Crippen LogP contribution in [0.5, 0.6) is 5.75 Å². The summed E-state index contributed by atoms with van der Waals surface area (Å²) in [6.07, 6.45) is 12.1. The molecule has 1 aliphatic heterocycles. The predicted molar refractivity (Wildman–Crippen MR) is 149 cm³/mol. The van der Waals surface area contributed by atoms with Gasteiger partial charge < -0.3 is 4.74 Å². The SMILES string of the molecule is C=C/C=C(\C=C)C1=C(Cc2ccc(OCCN3CCCCC3)cc2)c2ccc(C)cc2C2=CC2C1=O. The van der Waals surface area contributed by atoms with Crippen LogP contribution in [0.1, 0.15) is 41.5 Å². The van der Waals surface area contributed by atoms with Crippen molar-refractivity contribution in [3.8, 4) is 5.75 Å². The van der Waals surface area contributed by atoms with Crippen LogP contribution in [0.2, 0.25) is 0 Å². The Hall–Kier alpha value is -3.43. The zero-order valence-electron chi connectivity index (χ0n) is 21.3. The van der Waals surface area contributed by atoms with Crippen molar-refractivity contribution in [3.05, 3.63) is 113 Å². The summed E-state index contributed by atoms with van der Waals surface area (Å²) in [5.74, 6) is 0.907. The topological polar surface area (TPSA) is 29.5 Å². The molecule has 0 aromatic heterocycles. The second-order valence-corrected chi connectivity index (χ2v) is 10.00. The minimum absolute atomic E-state index is 0.137. The molecule has 1 fully saturated rings. The van der Waals surface area contributed by atoms with E-state index >= 15 is 0 Å². The molecule has 0 radical (unpaired) electrons. The third kappa shape index (κ3) is 5.08.